The Bertz CT molecular complexity index is 1040. The number of hydrogen-bond acceptors (Lipinski definition) is 7. The van der Waals surface area contributed by atoms with Crippen molar-refractivity contribution in [1.29, 1.82) is 0 Å². The average Bonchev–Trinajstić information content (AvgIpc) is 3.06. The highest BCUT2D eigenvalue weighted by molar-refractivity contribution is 7.73. The number of thiazole rings is 1. The van der Waals surface area contributed by atoms with E-state index >= 15 is 0 Å². The zero-order valence-electron chi connectivity index (χ0n) is 17.2. The van der Waals surface area contributed by atoms with Crippen LogP contribution in [-0.2, 0) is 9.09 Å². The lowest BCUT2D eigenvalue weighted by Gasteiger charge is -2.28. The predicted octanol–water partition coefficient (Wildman–Crippen LogP) is 6.63. The van der Waals surface area contributed by atoms with Crippen LogP contribution in [0.1, 0.15) is 19.0 Å². The number of nitrogens with zero attached hydrogens (tertiary/aromatic N) is 1. The molecule has 1 heterocycles. The van der Waals surface area contributed by atoms with Crippen molar-refractivity contribution in [2.24, 2.45) is 0 Å². The Labute approximate surface area is 191 Å². The number of hydrogen-bond donors (Lipinski definition) is 0. The molecule has 3 rings (SSSR count). The first-order chi connectivity index (χ1) is 14.9. The average molecular weight is 478 g/mol. The van der Waals surface area contributed by atoms with Crippen molar-refractivity contribution in [3.05, 3.63) is 88.3 Å². The van der Waals surface area contributed by atoms with Crippen LogP contribution in [-0.4, -0.2) is 16.9 Å². The maximum atomic E-state index is 13.7. The number of para-hydroxylation sites is 2. The van der Waals surface area contributed by atoms with Gasteiger partial charge in [0.1, 0.15) is 23.7 Å². The maximum Gasteiger partial charge on any atom is 0.587 e. The van der Waals surface area contributed by atoms with Crippen LogP contribution in [0.2, 0.25) is 0 Å². The number of aryl methyl sites for hydroxylation is 1. The van der Waals surface area contributed by atoms with Crippen LogP contribution in [0.3, 0.4) is 0 Å². The number of phosphoric acid groups is 1. The molecule has 0 N–H and O–H groups in total. The smallest absolute Gasteiger partial charge is 0.406 e. The van der Waals surface area contributed by atoms with Crippen molar-refractivity contribution >= 4 is 31.4 Å². The van der Waals surface area contributed by atoms with Gasteiger partial charge >= 0.3 is 7.82 Å². The van der Waals surface area contributed by atoms with Gasteiger partial charge in [-0.15, -0.1) is 17.9 Å². The fraction of sp³-hybridized carbons (Fsp3) is 0.227. The Hall–Kier alpha value is -2.38. The fourth-order valence-corrected chi connectivity index (χ4v) is 5.12. The molecule has 0 amide bonds. The first-order valence-corrected chi connectivity index (χ1v) is 12.4. The first kappa shape index (κ1) is 23.3. The molecule has 0 aliphatic heterocycles. The molecule has 6 nitrogen and oxygen atoms in total. The topological polar surface area (TPSA) is 58.9 Å². The monoisotopic (exact) mass is 477 g/mol. The van der Waals surface area contributed by atoms with E-state index in [1.165, 1.54) is 11.3 Å². The summed E-state index contributed by atoms with van der Waals surface area (Å²) in [5.41, 5.74) is 0.864. The predicted molar refractivity (Wildman–Crippen MR) is 125 cm³/mol. The minimum Gasteiger partial charge on any atom is -0.406 e. The zero-order chi connectivity index (χ0) is 22.3. The molecule has 0 aliphatic rings. The minimum atomic E-state index is -4.08. The third-order valence-corrected chi connectivity index (χ3v) is 6.87. The summed E-state index contributed by atoms with van der Waals surface area (Å²) in [5, 5.41) is 1.90. The summed E-state index contributed by atoms with van der Waals surface area (Å²) < 4.78 is 33.2. The maximum absolute atomic E-state index is 13.7. The van der Waals surface area contributed by atoms with Gasteiger partial charge in [-0.1, -0.05) is 42.5 Å². The lowest BCUT2D eigenvalue weighted by molar-refractivity contribution is -0.0321. The lowest BCUT2D eigenvalue weighted by Crippen LogP contribution is -2.36. The van der Waals surface area contributed by atoms with E-state index in [4.69, 9.17) is 30.6 Å². The Morgan fingerprint density at radius 3 is 2.10 bits per heavy atom. The molecule has 0 saturated carbocycles. The molecule has 0 bridgehead atoms. The van der Waals surface area contributed by atoms with E-state index in [0.29, 0.717) is 21.9 Å². The molecule has 164 valence electrons. The lowest BCUT2D eigenvalue weighted by atomic mass is 10.2. The second-order valence-corrected chi connectivity index (χ2v) is 9.65. The van der Waals surface area contributed by atoms with Gasteiger partial charge in [-0.25, -0.2) is 4.57 Å². The number of aromatic nitrogens is 1. The number of benzene rings is 2. The SMILES string of the molecule is C=CC[C@H](OP(=O)(Oc1ccccc1)Oc1ccccc1)[C@@H](C)On1c(C)csc1=S. The van der Waals surface area contributed by atoms with Crippen LogP contribution in [0.5, 0.6) is 11.5 Å². The van der Waals surface area contributed by atoms with Crippen molar-refractivity contribution in [2.75, 3.05) is 0 Å². The quantitative estimate of drug-likeness (QED) is 0.175. The van der Waals surface area contributed by atoms with Crippen molar-refractivity contribution in [3.63, 3.8) is 0 Å². The van der Waals surface area contributed by atoms with Crippen molar-refractivity contribution in [2.45, 2.75) is 32.5 Å². The van der Waals surface area contributed by atoms with E-state index in [2.05, 4.69) is 6.58 Å². The van der Waals surface area contributed by atoms with Gasteiger partial charge in [-0.05, 0) is 56.8 Å². The van der Waals surface area contributed by atoms with E-state index in [-0.39, 0.29) is 0 Å². The molecule has 0 unspecified atom stereocenters. The molecule has 0 spiro atoms. The van der Waals surface area contributed by atoms with Crippen molar-refractivity contribution in [1.82, 2.24) is 4.73 Å². The Morgan fingerprint density at radius 2 is 1.65 bits per heavy atom. The minimum absolute atomic E-state index is 0.359. The van der Waals surface area contributed by atoms with E-state index in [0.717, 1.165) is 5.69 Å². The normalized spacial score (nSPS) is 13.2. The standard InChI is InChI=1S/C22H24NO5PS2/c1-4-11-21(18(3)25-23-17(2)16-31-22(23)30)28-29(24,26-19-12-7-5-8-13-19)27-20-14-9-6-10-15-20/h4-10,12-16,18,21H,1,11H2,2-3H3/t18-,21+/m1/s1. The summed E-state index contributed by atoms with van der Waals surface area (Å²) in [6.07, 6.45) is 0.833. The molecule has 0 fully saturated rings. The highest BCUT2D eigenvalue weighted by Crippen LogP contribution is 2.51. The summed E-state index contributed by atoms with van der Waals surface area (Å²) in [6, 6.07) is 17.5. The third-order valence-electron chi connectivity index (χ3n) is 4.20. The van der Waals surface area contributed by atoms with E-state index < -0.39 is 20.0 Å². The molecule has 3 aromatic rings. The summed E-state index contributed by atoms with van der Waals surface area (Å²) in [6.45, 7) is 7.48. The summed E-state index contributed by atoms with van der Waals surface area (Å²) in [5.74, 6) is 0.729. The molecular weight excluding hydrogens is 453 g/mol. The molecular formula is C22H24NO5PS2. The largest absolute Gasteiger partial charge is 0.587 e. The van der Waals surface area contributed by atoms with E-state index in [9.17, 15) is 4.57 Å². The van der Waals surface area contributed by atoms with Gasteiger partial charge in [0.2, 0.25) is 0 Å². The number of phosphoric ester groups is 1. The zero-order valence-corrected chi connectivity index (χ0v) is 19.8. The molecule has 31 heavy (non-hydrogen) atoms. The molecule has 1 aromatic heterocycles. The molecule has 9 heteroatoms. The Morgan fingerprint density at radius 1 is 1.10 bits per heavy atom. The van der Waals surface area contributed by atoms with Gasteiger partial charge in [0, 0.05) is 5.38 Å². The first-order valence-electron chi connectivity index (χ1n) is 9.63. The van der Waals surface area contributed by atoms with Gasteiger partial charge in [-0.2, -0.15) is 4.73 Å². The van der Waals surface area contributed by atoms with Gasteiger partial charge in [-0.3, -0.25) is 4.52 Å². The van der Waals surface area contributed by atoms with Gasteiger partial charge in [0.15, 0.2) is 3.95 Å². The van der Waals surface area contributed by atoms with Gasteiger partial charge < -0.3 is 13.9 Å². The fourth-order valence-electron chi connectivity index (χ4n) is 2.67. The van der Waals surface area contributed by atoms with Crippen molar-refractivity contribution < 1.29 is 23.0 Å². The van der Waals surface area contributed by atoms with Gasteiger partial charge in [0.05, 0.1) is 5.69 Å². The highest BCUT2D eigenvalue weighted by Gasteiger charge is 2.37. The van der Waals surface area contributed by atoms with Crippen LogP contribution < -0.4 is 13.9 Å². The molecule has 2 aromatic carbocycles. The van der Waals surface area contributed by atoms with Gasteiger partial charge in [0.25, 0.3) is 0 Å². The number of rotatable bonds is 11. The van der Waals surface area contributed by atoms with E-state index in [1.54, 1.807) is 59.3 Å². The van der Waals surface area contributed by atoms with Crippen LogP contribution in [0.25, 0.3) is 0 Å². The molecule has 2 atom stereocenters. The summed E-state index contributed by atoms with van der Waals surface area (Å²) >= 11 is 6.72. The van der Waals surface area contributed by atoms with E-state index in [1.807, 2.05) is 31.4 Å². The molecule has 0 aliphatic carbocycles. The third kappa shape index (κ3) is 6.55. The van der Waals surface area contributed by atoms with Crippen LogP contribution >= 0.6 is 31.4 Å². The highest BCUT2D eigenvalue weighted by atomic mass is 32.1. The Balaban J connectivity index is 1.85. The molecule has 0 radical (unpaired) electrons. The van der Waals surface area contributed by atoms with Crippen LogP contribution in [0.15, 0.2) is 78.7 Å². The Kier molecular flexibility index (Phi) is 8.09. The summed E-state index contributed by atoms with van der Waals surface area (Å²) in [7, 11) is -4.08. The second-order valence-electron chi connectivity index (χ2n) is 6.67. The van der Waals surface area contributed by atoms with Crippen molar-refractivity contribution in [3.8, 4) is 11.5 Å². The second kappa shape index (κ2) is 10.8. The van der Waals surface area contributed by atoms with Crippen LogP contribution in [0, 0.1) is 10.9 Å². The molecule has 0 saturated heterocycles. The van der Waals surface area contributed by atoms with Crippen LogP contribution in [0.4, 0.5) is 0 Å². The summed E-state index contributed by atoms with van der Waals surface area (Å²) in [4.78, 5) is 5.99.